The third kappa shape index (κ3) is 8.07. The summed E-state index contributed by atoms with van der Waals surface area (Å²) in [5.41, 5.74) is 0. The Labute approximate surface area is 114 Å². The van der Waals surface area contributed by atoms with Crippen LogP contribution in [-0.4, -0.2) is 31.2 Å². The number of quaternary nitrogens is 1. The Balaban J connectivity index is 0.00000289. The molecule has 1 nitrogen and oxygen atoms in total. The Hall–Kier alpha value is -0.110. The normalized spacial score (nSPS) is 17.7. The van der Waals surface area contributed by atoms with Crippen molar-refractivity contribution in [3.63, 3.8) is 0 Å². The van der Waals surface area contributed by atoms with Crippen molar-refractivity contribution in [2.45, 2.75) is 77.6 Å². The lowest BCUT2D eigenvalue weighted by molar-refractivity contribution is -0.897. The second kappa shape index (κ2) is 10.8. The molecule has 0 atom stereocenters. The Kier molecular flexibility index (Phi) is 10.7. The molecule has 0 bridgehead atoms. The molecule has 0 saturated carbocycles. The molecular weight excluding hydrogens is 225 g/mol. The van der Waals surface area contributed by atoms with Crippen molar-refractivity contribution in [2.75, 3.05) is 26.7 Å². The highest BCUT2D eigenvalue weighted by Gasteiger charge is 2.25. The summed E-state index contributed by atoms with van der Waals surface area (Å²) in [4.78, 5) is 0. The van der Waals surface area contributed by atoms with Crippen LogP contribution in [0.25, 0.3) is 0 Å². The number of nitrogens with zero attached hydrogens (tertiary/aromatic N) is 1. The lowest BCUT2D eigenvalue weighted by Gasteiger charge is -2.29. The number of rotatable bonds is 10. The van der Waals surface area contributed by atoms with Gasteiger partial charge in [0.15, 0.2) is 0 Å². The number of hydrogen-bond acceptors (Lipinski definition) is 0. The maximum absolute atomic E-state index is 2.46. The lowest BCUT2D eigenvalue weighted by atomic mass is 10.1. The molecule has 18 heavy (non-hydrogen) atoms. The highest BCUT2D eigenvalue weighted by Crippen LogP contribution is 2.18. The first kappa shape index (κ1) is 17.9. The van der Waals surface area contributed by atoms with Crippen LogP contribution in [0.1, 0.15) is 77.6 Å². The van der Waals surface area contributed by atoms with Crippen LogP contribution >= 0.6 is 0 Å². The van der Waals surface area contributed by atoms with Crippen LogP contribution in [0, 0.1) is 0 Å². The molecule has 2 heteroatoms. The van der Waals surface area contributed by atoms with E-state index in [-0.39, 0.29) is 4.70 Å². The molecule has 0 unspecified atom stereocenters. The minimum Gasteiger partial charge on any atom is -1.00 e. The van der Waals surface area contributed by atoms with E-state index in [2.05, 4.69) is 14.0 Å². The highest BCUT2D eigenvalue weighted by molar-refractivity contribution is 4.53. The zero-order valence-electron chi connectivity index (χ0n) is 12.7. The average molecular weight is 259 g/mol. The lowest BCUT2D eigenvalue weighted by Crippen LogP contribution is -3.00. The zero-order chi connectivity index (χ0) is 12.4. The van der Waals surface area contributed by atoms with Crippen molar-refractivity contribution in [1.82, 2.24) is 0 Å². The third-order valence-corrected chi connectivity index (χ3v) is 4.45. The largest absolute Gasteiger partial charge is 1.00 e. The molecule has 0 spiro atoms. The molecule has 0 amide bonds. The topological polar surface area (TPSA) is 0 Å². The van der Waals surface area contributed by atoms with E-state index in [4.69, 9.17) is 0 Å². The Morgan fingerprint density at radius 2 is 1.17 bits per heavy atom. The quantitative estimate of drug-likeness (QED) is 0.414. The van der Waals surface area contributed by atoms with E-state index < -0.39 is 0 Å². The predicted octanol–water partition coefficient (Wildman–Crippen LogP) is 1.76. The van der Waals surface area contributed by atoms with Gasteiger partial charge in [-0.25, -0.2) is 0 Å². The maximum atomic E-state index is 2.46. The van der Waals surface area contributed by atoms with Gasteiger partial charge in [-0.15, -0.1) is 0 Å². The molecule has 1 fully saturated rings. The highest BCUT2D eigenvalue weighted by atomic mass is 19.0. The Morgan fingerprint density at radius 1 is 0.722 bits per heavy atom. The van der Waals surface area contributed by atoms with Gasteiger partial charge in [0.05, 0.1) is 26.7 Å². The molecule has 1 rings (SSSR count). The van der Waals surface area contributed by atoms with Gasteiger partial charge < -0.3 is 9.19 Å². The van der Waals surface area contributed by atoms with E-state index >= 15 is 0 Å². The summed E-state index contributed by atoms with van der Waals surface area (Å²) in [6.45, 7) is 6.62. The predicted molar refractivity (Wildman–Crippen MR) is 77.2 cm³/mol. The minimum atomic E-state index is 0. The molecule has 1 aliphatic rings. The van der Waals surface area contributed by atoms with Crippen LogP contribution in [0.15, 0.2) is 0 Å². The summed E-state index contributed by atoms with van der Waals surface area (Å²) >= 11 is 0. The number of halogens is 1. The van der Waals surface area contributed by atoms with Gasteiger partial charge in [-0.3, -0.25) is 0 Å². The molecule has 0 aromatic heterocycles. The molecule has 1 aliphatic heterocycles. The first-order valence-electron chi connectivity index (χ1n) is 8.10. The van der Waals surface area contributed by atoms with Gasteiger partial charge in [-0.1, -0.05) is 51.9 Å². The molecular formula is C16H34FN. The first-order chi connectivity index (χ1) is 8.27. The second-order valence-corrected chi connectivity index (χ2v) is 6.33. The molecule has 0 aromatic rings. The van der Waals surface area contributed by atoms with Gasteiger partial charge >= 0.3 is 0 Å². The van der Waals surface area contributed by atoms with Crippen molar-refractivity contribution in [1.29, 1.82) is 0 Å². The van der Waals surface area contributed by atoms with E-state index in [1.807, 2.05) is 0 Å². The summed E-state index contributed by atoms with van der Waals surface area (Å²) in [5.74, 6) is 0. The minimum absolute atomic E-state index is 0. The van der Waals surface area contributed by atoms with Gasteiger partial charge in [0, 0.05) is 12.8 Å². The Morgan fingerprint density at radius 3 is 1.67 bits per heavy atom. The van der Waals surface area contributed by atoms with Gasteiger partial charge in [-0.2, -0.15) is 0 Å². The van der Waals surface area contributed by atoms with E-state index in [0.29, 0.717) is 0 Å². The summed E-state index contributed by atoms with van der Waals surface area (Å²) in [5, 5.41) is 0. The Bertz CT molecular complexity index is 176. The molecule has 0 aliphatic carbocycles. The van der Waals surface area contributed by atoms with Crippen molar-refractivity contribution in [3.8, 4) is 0 Å². The van der Waals surface area contributed by atoms with Crippen LogP contribution in [0.3, 0.4) is 0 Å². The fourth-order valence-electron chi connectivity index (χ4n) is 3.13. The van der Waals surface area contributed by atoms with Crippen molar-refractivity contribution in [2.24, 2.45) is 0 Å². The molecule has 1 heterocycles. The van der Waals surface area contributed by atoms with Gasteiger partial charge in [0.1, 0.15) is 0 Å². The summed E-state index contributed by atoms with van der Waals surface area (Å²) in [6.07, 6.45) is 16.1. The maximum Gasteiger partial charge on any atom is 0.0786 e. The molecule has 110 valence electrons. The smallest absolute Gasteiger partial charge is 0.0786 e. The van der Waals surface area contributed by atoms with Crippen LogP contribution in [0.4, 0.5) is 0 Å². The van der Waals surface area contributed by atoms with Crippen LogP contribution in [0.2, 0.25) is 0 Å². The zero-order valence-corrected chi connectivity index (χ0v) is 12.7. The van der Waals surface area contributed by atoms with Gasteiger partial charge in [-0.05, 0) is 12.8 Å². The average Bonchev–Trinajstić information content (AvgIpc) is 2.74. The van der Waals surface area contributed by atoms with Crippen LogP contribution in [0.5, 0.6) is 0 Å². The van der Waals surface area contributed by atoms with E-state index in [9.17, 15) is 0 Å². The van der Waals surface area contributed by atoms with Crippen molar-refractivity contribution >= 4 is 0 Å². The molecule has 0 N–H and O–H groups in total. The molecule has 1 saturated heterocycles. The third-order valence-electron chi connectivity index (χ3n) is 4.45. The van der Waals surface area contributed by atoms with Crippen molar-refractivity contribution < 1.29 is 9.19 Å². The van der Waals surface area contributed by atoms with Crippen LogP contribution in [-0.2, 0) is 0 Å². The van der Waals surface area contributed by atoms with Gasteiger partial charge in [0.2, 0.25) is 0 Å². The van der Waals surface area contributed by atoms with E-state index in [0.717, 1.165) is 0 Å². The standard InChI is InChI=1S/C16H34N.FH/c1-3-4-5-6-7-8-9-10-11-14-17(2)15-12-13-16-17;/h3-16H2,1-2H3;1H/q+1;/p-1. The van der Waals surface area contributed by atoms with E-state index in [1.54, 1.807) is 0 Å². The number of unbranched alkanes of at least 4 members (excludes halogenated alkanes) is 8. The van der Waals surface area contributed by atoms with Gasteiger partial charge in [0.25, 0.3) is 0 Å². The number of likely N-dealkylation sites (tertiary alicyclic amines) is 1. The number of hydrogen-bond donors (Lipinski definition) is 0. The molecule has 0 radical (unpaired) electrons. The second-order valence-electron chi connectivity index (χ2n) is 6.33. The molecule has 0 aromatic carbocycles. The summed E-state index contributed by atoms with van der Waals surface area (Å²) < 4.78 is 1.37. The van der Waals surface area contributed by atoms with E-state index in [1.165, 1.54) is 94.7 Å². The first-order valence-corrected chi connectivity index (χ1v) is 8.10. The van der Waals surface area contributed by atoms with Crippen molar-refractivity contribution in [3.05, 3.63) is 0 Å². The summed E-state index contributed by atoms with van der Waals surface area (Å²) in [7, 11) is 2.46. The fraction of sp³-hybridized carbons (Fsp3) is 1.00. The fourth-order valence-corrected chi connectivity index (χ4v) is 3.13. The van der Waals surface area contributed by atoms with Crippen LogP contribution < -0.4 is 4.70 Å². The summed E-state index contributed by atoms with van der Waals surface area (Å²) in [6, 6.07) is 0. The monoisotopic (exact) mass is 259 g/mol. The SMILES string of the molecule is CCCCCCCCCCC[N+]1(C)CCCC1.[F-].